The van der Waals surface area contributed by atoms with E-state index in [9.17, 15) is 0 Å². The molecule has 92 valence electrons. The monoisotopic (exact) mass is 230 g/mol. The van der Waals surface area contributed by atoms with Crippen molar-refractivity contribution in [2.45, 2.75) is 25.8 Å². The fourth-order valence-corrected chi connectivity index (χ4v) is 3.11. The van der Waals surface area contributed by atoms with Gasteiger partial charge in [-0.3, -0.25) is 4.90 Å². The summed E-state index contributed by atoms with van der Waals surface area (Å²) in [5, 5.41) is 3.35. The summed E-state index contributed by atoms with van der Waals surface area (Å²) < 4.78 is 0. The van der Waals surface area contributed by atoms with Gasteiger partial charge in [0.2, 0.25) is 0 Å². The number of fused-ring (bicyclic) bond motifs is 1. The van der Waals surface area contributed by atoms with Crippen LogP contribution in [0.15, 0.2) is 24.3 Å². The maximum atomic E-state index is 3.35. The van der Waals surface area contributed by atoms with Crippen molar-refractivity contribution in [2.75, 3.05) is 26.7 Å². The van der Waals surface area contributed by atoms with E-state index < -0.39 is 0 Å². The van der Waals surface area contributed by atoms with Crippen molar-refractivity contribution in [1.82, 2.24) is 10.2 Å². The van der Waals surface area contributed by atoms with Gasteiger partial charge in [0, 0.05) is 26.2 Å². The smallest absolute Gasteiger partial charge is 0.0236 e. The molecule has 1 aromatic rings. The van der Waals surface area contributed by atoms with Gasteiger partial charge in [0.25, 0.3) is 0 Å². The van der Waals surface area contributed by atoms with E-state index in [4.69, 9.17) is 0 Å². The minimum absolute atomic E-state index is 0.598. The van der Waals surface area contributed by atoms with Crippen LogP contribution in [0, 0.1) is 5.41 Å². The first-order chi connectivity index (χ1) is 8.31. The molecule has 1 aliphatic heterocycles. The topological polar surface area (TPSA) is 15.3 Å². The maximum Gasteiger partial charge on any atom is 0.0236 e. The van der Waals surface area contributed by atoms with Crippen molar-refractivity contribution in [1.29, 1.82) is 0 Å². The molecular weight excluding hydrogens is 208 g/mol. The quantitative estimate of drug-likeness (QED) is 0.851. The predicted octanol–water partition coefficient (Wildman–Crippen LogP) is 2.04. The van der Waals surface area contributed by atoms with Gasteiger partial charge in [-0.15, -0.1) is 0 Å². The molecule has 0 radical (unpaired) electrons. The van der Waals surface area contributed by atoms with Crippen LogP contribution in [0.4, 0.5) is 0 Å². The molecule has 3 rings (SSSR count). The molecule has 0 unspecified atom stereocenters. The fraction of sp³-hybridized carbons (Fsp3) is 0.600. The SMILES string of the molecule is CNCC1(CN2CCc3ccccc3C2)CC1. The van der Waals surface area contributed by atoms with Crippen molar-refractivity contribution in [3.8, 4) is 0 Å². The lowest BCUT2D eigenvalue weighted by molar-refractivity contribution is 0.201. The van der Waals surface area contributed by atoms with Crippen molar-refractivity contribution in [3.05, 3.63) is 35.4 Å². The molecule has 2 nitrogen and oxygen atoms in total. The van der Waals surface area contributed by atoms with Gasteiger partial charge < -0.3 is 5.32 Å². The lowest BCUT2D eigenvalue weighted by Crippen LogP contribution is -2.38. The lowest BCUT2D eigenvalue weighted by atomic mass is 9.98. The molecule has 0 spiro atoms. The van der Waals surface area contributed by atoms with E-state index in [2.05, 4.69) is 41.5 Å². The Hall–Kier alpha value is -0.860. The molecule has 1 heterocycles. The van der Waals surface area contributed by atoms with Crippen molar-refractivity contribution in [3.63, 3.8) is 0 Å². The minimum Gasteiger partial charge on any atom is -0.319 e. The van der Waals surface area contributed by atoms with Crippen LogP contribution in [0.1, 0.15) is 24.0 Å². The molecule has 0 aromatic heterocycles. The van der Waals surface area contributed by atoms with E-state index >= 15 is 0 Å². The Morgan fingerprint density at radius 2 is 2.00 bits per heavy atom. The predicted molar refractivity (Wildman–Crippen MR) is 71.0 cm³/mol. The summed E-state index contributed by atoms with van der Waals surface area (Å²) in [5.74, 6) is 0. The van der Waals surface area contributed by atoms with Gasteiger partial charge in [-0.1, -0.05) is 24.3 Å². The normalized spacial score (nSPS) is 22.2. The summed E-state index contributed by atoms with van der Waals surface area (Å²) >= 11 is 0. The number of hydrogen-bond acceptors (Lipinski definition) is 2. The molecule has 1 aromatic carbocycles. The van der Waals surface area contributed by atoms with Crippen molar-refractivity contribution >= 4 is 0 Å². The summed E-state index contributed by atoms with van der Waals surface area (Å²) in [6, 6.07) is 8.91. The third-order valence-electron chi connectivity index (χ3n) is 4.28. The molecule has 1 aliphatic carbocycles. The average Bonchev–Trinajstić information content (AvgIpc) is 3.09. The van der Waals surface area contributed by atoms with Gasteiger partial charge >= 0.3 is 0 Å². The number of benzene rings is 1. The molecule has 0 saturated heterocycles. The van der Waals surface area contributed by atoms with E-state index in [1.807, 2.05) is 0 Å². The molecular formula is C15H22N2. The Balaban J connectivity index is 1.64. The van der Waals surface area contributed by atoms with Gasteiger partial charge in [-0.25, -0.2) is 0 Å². The highest BCUT2D eigenvalue weighted by molar-refractivity contribution is 5.29. The molecule has 1 N–H and O–H groups in total. The van der Waals surface area contributed by atoms with Crippen LogP contribution in [0.5, 0.6) is 0 Å². The van der Waals surface area contributed by atoms with Gasteiger partial charge in [-0.2, -0.15) is 0 Å². The van der Waals surface area contributed by atoms with E-state index in [1.165, 1.54) is 38.9 Å². The highest BCUT2D eigenvalue weighted by Gasteiger charge is 2.43. The molecule has 0 bridgehead atoms. The van der Waals surface area contributed by atoms with Crippen LogP contribution in [0.3, 0.4) is 0 Å². The standard InChI is InChI=1S/C15H22N2/c1-16-11-15(7-8-15)12-17-9-6-13-4-2-3-5-14(13)10-17/h2-5,16H,6-12H2,1H3. The Bertz CT molecular complexity index is 396. The summed E-state index contributed by atoms with van der Waals surface area (Å²) in [6.07, 6.45) is 4.05. The highest BCUT2D eigenvalue weighted by atomic mass is 15.1. The molecule has 1 fully saturated rings. The second-order valence-electron chi connectivity index (χ2n) is 5.76. The van der Waals surface area contributed by atoms with E-state index in [0.717, 1.165) is 6.54 Å². The summed E-state index contributed by atoms with van der Waals surface area (Å²) in [6.45, 7) is 4.86. The highest BCUT2D eigenvalue weighted by Crippen LogP contribution is 2.46. The summed E-state index contributed by atoms with van der Waals surface area (Å²) in [7, 11) is 2.07. The minimum atomic E-state index is 0.598. The Kier molecular flexibility index (Phi) is 2.93. The van der Waals surface area contributed by atoms with Gasteiger partial charge in [0.05, 0.1) is 0 Å². The lowest BCUT2D eigenvalue weighted by Gasteiger charge is -2.32. The summed E-state index contributed by atoms with van der Waals surface area (Å²) in [5.41, 5.74) is 3.70. The maximum absolute atomic E-state index is 3.35. The van der Waals surface area contributed by atoms with Crippen LogP contribution in [-0.2, 0) is 13.0 Å². The first kappa shape index (κ1) is 11.2. The van der Waals surface area contributed by atoms with Crippen LogP contribution >= 0.6 is 0 Å². The zero-order valence-electron chi connectivity index (χ0n) is 10.7. The largest absolute Gasteiger partial charge is 0.319 e. The van der Waals surface area contributed by atoms with Crippen LogP contribution in [0.2, 0.25) is 0 Å². The zero-order valence-corrected chi connectivity index (χ0v) is 10.7. The third kappa shape index (κ3) is 2.38. The Morgan fingerprint density at radius 3 is 2.71 bits per heavy atom. The number of rotatable bonds is 4. The number of hydrogen-bond donors (Lipinski definition) is 1. The fourth-order valence-electron chi connectivity index (χ4n) is 3.11. The molecule has 2 heteroatoms. The van der Waals surface area contributed by atoms with E-state index in [0.29, 0.717) is 5.41 Å². The third-order valence-corrected chi connectivity index (χ3v) is 4.28. The van der Waals surface area contributed by atoms with Crippen LogP contribution < -0.4 is 5.32 Å². The Labute approximate surface area is 104 Å². The first-order valence-corrected chi connectivity index (χ1v) is 6.75. The second kappa shape index (κ2) is 4.43. The molecule has 0 atom stereocenters. The molecule has 1 saturated carbocycles. The average molecular weight is 230 g/mol. The van der Waals surface area contributed by atoms with Crippen LogP contribution in [-0.4, -0.2) is 31.6 Å². The number of nitrogens with one attached hydrogen (secondary N) is 1. The second-order valence-corrected chi connectivity index (χ2v) is 5.76. The first-order valence-electron chi connectivity index (χ1n) is 6.75. The molecule has 2 aliphatic rings. The van der Waals surface area contributed by atoms with Gasteiger partial charge in [0.1, 0.15) is 0 Å². The van der Waals surface area contributed by atoms with E-state index in [1.54, 1.807) is 11.1 Å². The van der Waals surface area contributed by atoms with Gasteiger partial charge in [0.15, 0.2) is 0 Å². The van der Waals surface area contributed by atoms with E-state index in [-0.39, 0.29) is 0 Å². The molecule has 17 heavy (non-hydrogen) atoms. The van der Waals surface area contributed by atoms with Gasteiger partial charge in [-0.05, 0) is 42.9 Å². The zero-order chi connectivity index (χ0) is 11.7. The summed E-state index contributed by atoms with van der Waals surface area (Å²) in [4.78, 5) is 2.65. The number of nitrogens with zero attached hydrogens (tertiary/aromatic N) is 1. The van der Waals surface area contributed by atoms with Crippen molar-refractivity contribution in [2.24, 2.45) is 5.41 Å². The van der Waals surface area contributed by atoms with Crippen molar-refractivity contribution < 1.29 is 0 Å². The Morgan fingerprint density at radius 1 is 1.24 bits per heavy atom. The van der Waals surface area contributed by atoms with Crippen LogP contribution in [0.25, 0.3) is 0 Å². The molecule has 0 amide bonds.